The normalized spacial score (nSPS) is 12.3. The molecule has 0 bridgehead atoms. The summed E-state index contributed by atoms with van der Waals surface area (Å²) in [5, 5.41) is 3.36. The first-order chi connectivity index (χ1) is 16.8. The lowest BCUT2D eigenvalue weighted by molar-refractivity contribution is -0.141. The van der Waals surface area contributed by atoms with Gasteiger partial charge in [-0.3, -0.25) is 13.9 Å². The summed E-state index contributed by atoms with van der Waals surface area (Å²) >= 11 is 6.12. The smallest absolute Gasteiger partial charge is 0.243 e. The Morgan fingerprint density at radius 2 is 1.72 bits per heavy atom. The van der Waals surface area contributed by atoms with Crippen molar-refractivity contribution < 1.29 is 18.0 Å². The number of aryl methyl sites for hydroxylation is 2. The van der Waals surface area contributed by atoms with Gasteiger partial charge in [0, 0.05) is 30.6 Å². The van der Waals surface area contributed by atoms with Gasteiger partial charge < -0.3 is 10.2 Å². The fourth-order valence-electron chi connectivity index (χ4n) is 4.10. The number of hydrogen-bond donors (Lipinski definition) is 1. The molecule has 0 saturated heterocycles. The maximum Gasteiger partial charge on any atom is 0.243 e. The Bertz CT molecular complexity index is 1170. The fraction of sp³-hybridized carbons (Fsp3) is 0.481. The van der Waals surface area contributed by atoms with Crippen LogP contribution in [0, 0.1) is 13.8 Å². The van der Waals surface area contributed by atoms with Crippen molar-refractivity contribution in [1.82, 2.24) is 10.2 Å². The molecule has 2 rings (SSSR count). The summed E-state index contributed by atoms with van der Waals surface area (Å²) in [6.07, 6.45) is 2.00. The number of carbonyl (C=O) groups is 2. The minimum atomic E-state index is -3.59. The highest BCUT2D eigenvalue weighted by atomic mass is 35.5. The molecule has 0 saturated carbocycles. The molecule has 2 aromatic rings. The van der Waals surface area contributed by atoms with Gasteiger partial charge in [-0.1, -0.05) is 48.9 Å². The molecular formula is C27H38ClN3O4S. The predicted octanol–water partition coefficient (Wildman–Crippen LogP) is 4.84. The van der Waals surface area contributed by atoms with E-state index in [0.717, 1.165) is 22.9 Å². The van der Waals surface area contributed by atoms with E-state index in [1.807, 2.05) is 58.9 Å². The second-order valence-corrected chi connectivity index (χ2v) is 11.7. The van der Waals surface area contributed by atoms with Crippen molar-refractivity contribution in [2.45, 2.75) is 72.5 Å². The number of halogens is 1. The van der Waals surface area contributed by atoms with E-state index in [-0.39, 0.29) is 30.8 Å². The molecule has 0 aromatic heterocycles. The highest BCUT2D eigenvalue weighted by Crippen LogP contribution is 2.27. The topological polar surface area (TPSA) is 86.8 Å². The third kappa shape index (κ3) is 8.23. The van der Waals surface area contributed by atoms with Gasteiger partial charge in [-0.05, 0) is 69.4 Å². The first-order valence-electron chi connectivity index (χ1n) is 12.2. The van der Waals surface area contributed by atoms with E-state index in [1.165, 1.54) is 4.31 Å². The molecule has 0 radical (unpaired) electrons. The zero-order chi connectivity index (χ0) is 27.0. The lowest BCUT2D eigenvalue weighted by Crippen LogP contribution is -2.50. The van der Waals surface area contributed by atoms with Crippen molar-refractivity contribution in [3.05, 3.63) is 64.2 Å². The molecule has 1 N–H and O–H groups in total. The van der Waals surface area contributed by atoms with Crippen LogP contribution in [0.1, 0.15) is 56.7 Å². The van der Waals surface area contributed by atoms with Crippen molar-refractivity contribution in [1.29, 1.82) is 0 Å². The highest BCUT2D eigenvalue weighted by molar-refractivity contribution is 7.92. The molecule has 0 heterocycles. The van der Waals surface area contributed by atoms with Gasteiger partial charge in [0.25, 0.3) is 0 Å². The summed E-state index contributed by atoms with van der Waals surface area (Å²) in [4.78, 5) is 28.1. The van der Waals surface area contributed by atoms with Gasteiger partial charge >= 0.3 is 0 Å². The van der Waals surface area contributed by atoms with E-state index in [9.17, 15) is 18.0 Å². The first kappa shape index (κ1) is 29.6. The zero-order valence-electron chi connectivity index (χ0n) is 22.0. The van der Waals surface area contributed by atoms with Crippen LogP contribution in [0.2, 0.25) is 5.02 Å². The van der Waals surface area contributed by atoms with Gasteiger partial charge in [0.2, 0.25) is 21.8 Å². The van der Waals surface area contributed by atoms with E-state index in [1.54, 1.807) is 23.1 Å². The number of hydrogen-bond acceptors (Lipinski definition) is 4. The van der Waals surface area contributed by atoms with Gasteiger partial charge in [0.05, 0.1) is 11.9 Å². The number of amides is 2. The molecule has 0 spiro atoms. The molecule has 9 heteroatoms. The molecule has 0 fully saturated rings. The summed E-state index contributed by atoms with van der Waals surface area (Å²) < 4.78 is 26.4. The van der Waals surface area contributed by atoms with Crippen molar-refractivity contribution >= 4 is 39.1 Å². The Morgan fingerprint density at radius 3 is 2.31 bits per heavy atom. The van der Waals surface area contributed by atoms with Crippen molar-refractivity contribution in [2.75, 3.05) is 17.1 Å². The minimum absolute atomic E-state index is 0.0498. The van der Waals surface area contributed by atoms with E-state index < -0.39 is 16.1 Å². The van der Waals surface area contributed by atoms with Crippen LogP contribution in [0.15, 0.2) is 42.5 Å². The zero-order valence-corrected chi connectivity index (χ0v) is 23.6. The van der Waals surface area contributed by atoms with Gasteiger partial charge in [-0.25, -0.2) is 8.42 Å². The second-order valence-electron chi connectivity index (χ2n) is 9.40. The monoisotopic (exact) mass is 535 g/mol. The molecular weight excluding hydrogens is 498 g/mol. The Balaban J connectivity index is 2.26. The second kappa shape index (κ2) is 13.1. The van der Waals surface area contributed by atoms with Crippen LogP contribution in [0.3, 0.4) is 0 Å². The summed E-state index contributed by atoms with van der Waals surface area (Å²) in [5.41, 5.74) is 3.27. The van der Waals surface area contributed by atoms with Crippen molar-refractivity contribution in [2.24, 2.45) is 0 Å². The molecule has 2 amide bonds. The number of benzene rings is 2. The van der Waals surface area contributed by atoms with Crippen molar-refractivity contribution in [3.8, 4) is 0 Å². The highest BCUT2D eigenvalue weighted by Gasteiger charge is 2.29. The van der Waals surface area contributed by atoms with Crippen LogP contribution in [-0.2, 0) is 26.2 Å². The minimum Gasteiger partial charge on any atom is -0.352 e. The fourth-order valence-corrected chi connectivity index (χ4v) is 5.29. The number of sulfonamides is 1. The lowest BCUT2D eigenvalue weighted by atomic mass is 10.0. The molecule has 2 aromatic carbocycles. The Kier molecular flexibility index (Phi) is 10.8. The average Bonchev–Trinajstić information content (AvgIpc) is 2.78. The lowest BCUT2D eigenvalue weighted by Gasteiger charge is -2.32. The summed E-state index contributed by atoms with van der Waals surface area (Å²) in [6.45, 7) is 9.88. The van der Waals surface area contributed by atoms with Crippen LogP contribution in [-0.4, -0.2) is 50.0 Å². The number of anilines is 1. The molecule has 198 valence electrons. The largest absolute Gasteiger partial charge is 0.352 e. The van der Waals surface area contributed by atoms with Crippen LogP contribution < -0.4 is 9.62 Å². The number of nitrogens with one attached hydrogen (secondary N) is 1. The molecule has 0 aliphatic rings. The quantitative estimate of drug-likeness (QED) is 0.421. The molecule has 0 aliphatic carbocycles. The van der Waals surface area contributed by atoms with Crippen LogP contribution in [0.25, 0.3) is 0 Å². The standard InChI is InChI=1S/C27H38ClN3O4S/c1-7-24(27(33)29-19(2)3)30(18-22-12-9-8-11-20(22)4)26(32)13-10-16-31(36(6,34)35)25-17-23(28)15-14-21(25)5/h8-9,11-12,14-15,17,19,24H,7,10,13,16,18H2,1-6H3,(H,29,33)/t24-/m1/s1. The molecule has 7 nitrogen and oxygen atoms in total. The average molecular weight is 536 g/mol. The maximum atomic E-state index is 13.5. The van der Waals surface area contributed by atoms with E-state index in [4.69, 9.17) is 11.6 Å². The number of carbonyl (C=O) groups excluding carboxylic acids is 2. The summed E-state index contributed by atoms with van der Waals surface area (Å²) in [7, 11) is -3.59. The van der Waals surface area contributed by atoms with Gasteiger partial charge in [-0.15, -0.1) is 0 Å². The molecule has 1 atom stereocenters. The number of nitrogens with zero attached hydrogens (tertiary/aromatic N) is 2. The first-order valence-corrected chi connectivity index (χ1v) is 14.5. The molecule has 36 heavy (non-hydrogen) atoms. The SMILES string of the molecule is CC[C@H](C(=O)NC(C)C)N(Cc1ccccc1C)C(=O)CCCN(c1cc(Cl)ccc1C)S(C)(=O)=O. The Hall–Kier alpha value is -2.58. The number of rotatable bonds is 12. The maximum absolute atomic E-state index is 13.5. The van der Waals surface area contributed by atoms with Gasteiger partial charge in [0.15, 0.2) is 0 Å². The van der Waals surface area contributed by atoms with E-state index in [0.29, 0.717) is 30.1 Å². The van der Waals surface area contributed by atoms with Crippen molar-refractivity contribution in [3.63, 3.8) is 0 Å². The molecule has 0 unspecified atom stereocenters. The summed E-state index contributed by atoms with van der Waals surface area (Å²) in [5.74, 6) is -0.387. The van der Waals surface area contributed by atoms with Gasteiger partial charge in [0.1, 0.15) is 6.04 Å². The third-order valence-corrected chi connectivity index (χ3v) is 7.43. The van der Waals surface area contributed by atoms with E-state index in [2.05, 4.69) is 5.32 Å². The Labute approximate surface area is 220 Å². The Morgan fingerprint density at radius 1 is 1.06 bits per heavy atom. The third-order valence-electron chi connectivity index (χ3n) is 6.01. The van der Waals surface area contributed by atoms with Gasteiger partial charge in [-0.2, -0.15) is 0 Å². The molecule has 0 aliphatic heterocycles. The van der Waals surface area contributed by atoms with Crippen LogP contribution >= 0.6 is 11.6 Å². The summed E-state index contributed by atoms with van der Waals surface area (Å²) in [6, 6.07) is 12.2. The predicted molar refractivity (Wildman–Crippen MR) is 147 cm³/mol. The van der Waals surface area contributed by atoms with Crippen LogP contribution in [0.4, 0.5) is 5.69 Å². The van der Waals surface area contributed by atoms with Crippen LogP contribution in [0.5, 0.6) is 0 Å². The van der Waals surface area contributed by atoms with E-state index >= 15 is 0 Å².